The first-order valence-corrected chi connectivity index (χ1v) is 7.54. The topological polar surface area (TPSA) is 95.7 Å². The van der Waals surface area contributed by atoms with E-state index < -0.39 is 15.6 Å². The Kier molecular flexibility index (Phi) is 3.46. The highest BCUT2D eigenvalue weighted by Crippen LogP contribution is 2.30. The highest BCUT2D eigenvalue weighted by Gasteiger charge is 2.31. The van der Waals surface area contributed by atoms with Gasteiger partial charge in [-0.05, 0) is 38.6 Å². The van der Waals surface area contributed by atoms with Gasteiger partial charge in [-0.15, -0.1) is 0 Å². The summed E-state index contributed by atoms with van der Waals surface area (Å²) in [6, 6.07) is 4.83. The molecule has 106 valence electrons. The van der Waals surface area contributed by atoms with E-state index >= 15 is 0 Å². The van der Waals surface area contributed by atoms with Crippen molar-refractivity contribution < 1.29 is 13.5 Å². The third-order valence-electron chi connectivity index (χ3n) is 3.37. The summed E-state index contributed by atoms with van der Waals surface area (Å²) in [4.78, 5) is 2.07. The minimum absolute atomic E-state index is 0.0738. The molecule has 1 atom stereocenters. The molecule has 1 fully saturated rings. The van der Waals surface area contributed by atoms with E-state index in [-0.39, 0.29) is 10.6 Å². The van der Waals surface area contributed by atoms with Crippen LogP contribution in [0, 0.1) is 0 Å². The molecule has 1 aromatic rings. The van der Waals surface area contributed by atoms with E-state index in [1.54, 1.807) is 19.1 Å². The predicted molar refractivity (Wildman–Crippen MR) is 74.6 cm³/mol. The largest absolute Gasteiger partial charge is 0.398 e. The Morgan fingerprint density at radius 3 is 2.63 bits per heavy atom. The molecule has 1 aliphatic heterocycles. The molecule has 0 aromatic heterocycles. The smallest absolute Gasteiger partial charge is 0.242 e. The summed E-state index contributed by atoms with van der Waals surface area (Å²) in [7, 11) is -2.19. The van der Waals surface area contributed by atoms with Crippen LogP contribution in [-0.4, -0.2) is 39.3 Å². The van der Waals surface area contributed by atoms with Crippen molar-refractivity contribution in [3.8, 4) is 0 Å². The fourth-order valence-corrected chi connectivity index (χ4v) is 3.09. The molecular formula is C12H19N3O3S. The van der Waals surface area contributed by atoms with Crippen molar-refractivity contribution in [3.63, 3.8) is 0 Å². The fourth-order valence-electron chi connectivity index (χ4n) is 2.25. The molecule has 0 saturated carbocycles. The molecule has 1 aromatic carbocycles. The van der Waals surface area contributed by atoms with Gasteiger partial charge in [0.2, 0.25) is 10.0 Å². The van der Waals surface area contributed by atoms with E-state index in [9.17, 15) is 13.5 Å². The van der Waals surface area contributed by atoms with Gasteiger partial charge in [0.1, 0.15) is 4.90 Å². The number of aliphatic hydroxyl groups is 1. The van der Waals surface area contributed by atoms with E-state index in [0.717, 1.165) is 12.2 Å². The second kappa shape index (κ2) is 4.66. The summed E-state index contributed by atoms with van der Waals surface area (Å²) < 4.78 is 25.7. The molecule has 1 aliphatic rings. The van der Waals surface area contributed by atoms with Gasteiger partial charge < -0.3 is 15.7 Å². The maximum absolute atomic E-state index is 11.7. The molecule has 1 unspecified atom stereocenters. The van der Waals surface area contributed by atoms with Crippen molar-refractivity contribution >= 4 is 21.4 Å². The lowest BCUT2D eigenvalue weighted by Crippen LogP contribution is -2.29. The second-order valence-corrected chi connectivity index (χ2v) is 6.95. The Labute approximate surface area is 113 Å². The molecule has 0 spiro atoms. The van der Waals surface area contributed by atoms with Crippen LogP contribution >= 0.6 is 0 Å². The molecule has 6 nitrogen and oxygen atoms in total. The Bertz CT molecular complexity index is 584. The molecule has 1 heterocycles. The minimum atomic E-state index is -3.53. The number of nitrogen functional groups attached to an aromatic ring is 1. The molecule has 0 radical (unpaired) electrons. The Balaban J connectivity index is 2.30. The van der Waals surface area contributed by atoms with Crippen molar-refractivity contribution in [1.29, 1.82) is 0 Å². The number of β-amino-alcohol motifs (C(OH)–C–C–N with tert-alkyl or cyclic N) is 1. The zero-order valence-corrected chi connectivity index (χ0v) is 11.9. The number of rotatable bonds is 3. The molecule has 0 amide bonds. The zero-order chi connectivity index (χ0) is 14.3. The van der Waals surface area contributed by atoms with E-state index in [4.69, 9.17) is 5.73 Å². The van der Waals surface area contributed by atoms with Crippen molar-refractivity contribution in [1.82, 2.24) is 4.72 Å². The van der Waals surface area contributed by atoms with Crippen LogP contribution < -0.4 is 15.4 Å². The molecular weight excluding hydrogens is 266 g/mol. The molecule has 1 saturated heterocycles. The fraction of sp³-hybridized carbons (Fsp3) is 0.500. The number of anilines is 2. The van der Waals surface area contributed by atoms with Crippen molar-refractivity contribution in [2.45, 2.75) is 23.8 Å². The van der Waals surface area contributed by atoms with Gasteiger partial charge in [-0.2, -0.15) is 0 Å². The number of nitrogens with one attached hydrogen (secondary N) is 1. The van der Waals surface area contributed by atoms with Gasteiger partial charge in [0.05, 0.1) is 11.3 Å². The van der Waals surface area contributed by atoms with Gasteiger partial charge in [-0.3, -0.25) is 0 Å². The maximum atomic E-state index is 11.7. The second-order valence-electron chi connectivity index (χ2n) is 5.10. The SMILES string of the molecule is CNS(=O)(=O)c1ccc(N2CCC(C)(O)C2)cc1N. The van der Waals surface area contributed by atoms with E-state index in [1.807, 2.05) is 4.90 Å². The number of benzene rings is 1. The van der Waals surface area contributed by atoms with Crippen molar-refractivity contribution in [3.05, 3.63) is 18.2 Å². The lowest BCUT2D eigenvalue weighted by molar-refractivity contribution is 0.0839. The predicted octanol–water partition coefficient (Wildman–Crippen LogP) is 0.138. The van der Waals surface area contributed by atoms with E-state index in [2.05, 4.69) is 4.72 Å². The van der Waals surface area contributed by atoms with Crippen LogP contribution in [0.25, 0.3) is 0 Å². The number of nitrogens with two attached hydrogens (primary N) is 1. The van der Waals surface area contributed by atoms with Gasteiger partial charge in [-0.25, -0.2) is 13.1 Å². The molecule has 19 heavy (non-hydrogen) atoms. The summed E-state index contributed by atoms with van der Waals surface area (Å²) in [5.41, 5.74) is 6.14. The summed E-state index contributed by atoms with van der Waals surface area (Å²) >= 11 is 0. The average Bonchev–Trinajstić information content (AvgIpc) is 2.69. The lowest BCUT2D eigenvalue weighted by atomic mass is 10.1. The summed E-state index contributed by atoms with van der Waals surface area (Å²) in [6.45, 7) is 3.03. The van der Waals surface area contributed by atoms with Crippen LogP contribution in [0.5, 0.6) is 0 Å². The van der Waals surface area contributed by atoms with Gasteiger partial charge in [0.15, 0.2) is 0 Å². The van der Waals surface area contributed by atoms with Crippen LogP contribution in [0.15, 0.2) is 23.1 Å². The number of nitrogens with zero attached hydrogens (tertiary/aromatic N) is 1. The Morgan fingerprint density at radius 1 is 1.47 bits per heavy atom. The van der Waals surface area contributed by atoms with Gasteiger partial charge in [0.25, 0.3) is 0 Å². The zero-order valence-electron chi connectivity index (χ0n) is 11.0. The lowest BCUT2D eigenvalue weighted by Gasteiger charge is -2.21. The molecule has 4 N–H and O–H groups in total. The van der Waals surface area contributed by atoms with Crippen molar-refractivity contribution in [2.75, 3.05) is 30.8 Å². The average molecular weight is 285 g/mol. The first kappa shape index (κ1) is 14.1. The first-order valence-electron chi connectivity index (χ1n) is 6.06. The molecule has 7 heteroatoms. The maximum Gasteiger partial charge on any atom is 0.242 e. The highest BCUT2D eigenvalue weighted by molar-refractivity contribution is 7.89. The van der Waals surface area contributed by atoms with Crippen molar-refractivity contribution in [2.24, 2.45) is 0 Å². The monoisotopic (exact) mass is 285 g/mol. The summed E-state index contributed by atoms with van der Waals surface area (Å²) in [6.07, 6.45) is 0.684. The highest BCUT2D eigenvalue weighted by atomic mass is 32.2. The van der Waals surface area contributed by atoms with Gasteiger partial charge in [-0.1, -0.05) is 0 Å². The number of sulfonamides is 1. The van der Waals surface area contributed by atoms with Crippen LogP contribution in [0.2, 0.25) is 0 Å². The standard InChI is InChI=1S/C12H19N3O3S/c1-12(16)5-6-15(8-12)9-3-4-11(10(13)7-9)19(17,18)14-2/h3-4,7,14,16H,5-6,8,13H2,1-2H3. The van der Waals surface area contributed by atoms with E-state index in [1.165, 1.54) is 13.1 Å². The number of hydrogen-bond acceptors (Lipinski definition) is 5. The van der Waals surface area contributed by atoms with Gasteiger partial charge in [0, 0.05) is 18.8 Å². The summed E-state index contributed by atoms with van der Waals surface area (Å²) in [5.74, 6) is 0. The first-order chi connectivity index (χ1) is 8.75. The van der Waals surface area contributed by atoms with Crippen LogP contribution in [0.4, 0.5) is 11.4 Å². The third kappa shape index (κ3) is 2.83. The molecule has 0 bridgehead atoms. The Hall–Kier alpha value is -1.31. The quantitative estimate of drug-likeness (QED) is 0.687. The van der Waals surface area contributed by atoms with Crippen LogP contribution in [-0.2, 0) is 10.0 Å². The van der Waals surface area contributed by atoms with E-state index in [0.29, 0.717) is 13.0 Å². The number of hydrogen-bond donors (Lipinski definition) is 3. The van der Waals surface area contributed by atoms with Crippen LogP contribution in [0.1, 0.15) is 13.3 Å². The Morgan fingerprint density at radius 2 is 2.16 bits per heavy atom. The molecule has 0 aliphatic carbocycles. The minimum Gasteiger partial charge on any atom is -0.398 e. The molecule has 2 rings (SSSR count). The van der Waals surface area contributed by atoms with Gasteiger partial charge >= 0.3 is 0 Å². The third-order valence-corrected chi connectivity index (χ3v) is 4.86. The van der Waals surface area contributed by atoms with Crippen LogP contribution in [0.3, 0.4) is 0 Å². The summed E-state index contributed by atoms with van der Waals surface area (Å²) in [5, 5.41) is 9.94. The normalized spacial score (nSPS) is 23.8.